The van der Waals surface area contributed by atoms with E-state index in [1.54, 1.807) is 23.9 Å². The maximum absolute atomic E-state index is 13.1. The lowest BCUT2D eigenvalue weighted by Crippen LogP contribution is -2.63. The van der Waals surface area contributed by atoms with Crippen LogP contribution in [0.25, 0.3) is 10.9 Å². The number of hydrogen-bond acceptors (Lipinski definition) is 2. The summed E-state index contributed by atoms with van der Waals surface area (Å²) in [5.41, 5.74) is 2.25. The van der Waals surface area contributed by atoms with Crippen molar-refractivity contribution < 1.29 is 9.59 Å². The summed E-state index contributed by atoms with van der Waals surface area (Å²) in [5, 5.41) is 1.15. The van der Waals surface area contributed by atoms with E-state index in [-0.39, 0.29) is 23.8 Å². The molecule has 0 radical (unpaired) electrons. The second-order valence-corrected chi connectivity index (χ2v) is 7.50. The molecule has 140 valence electrons. The van der Waals surface area contributed by atoms with Crippen molar-refractivity contribution in [1.82, 2.24) is 14.4 Å². The summed E-state index contributed by atoms with van der Waals surface area (Å²) in [4.78, 5) is 29.4. The number of nitrogens with zero attached hydrogens (tertiary/aromatic N) is 3. The summed E-state index contributed by atoms with van der Waals surface area (Å²) in [6.07, 6.45) is 4.79. The molecule has 0 bridgehead atoms. The third kappa shape index (κ3) is 2.89. The fraction of sp³-hybridized carbons (Fsp3) is 0.524. The summed E-state index contributed by atoms with van der Waals surface area (Å²) in [6.45, 7) is 4.15. The Morgan fingerprint density at radius 1 is 1.04 bits per heavy atom. The number of aromatic nitrogens is 1. The van der Waals surface area contributed by atoms with Gasteiger partial charge in [0.2, 0.25) is 11.8 Å². The van der Waals surface area contributed by atoms with Gasteiger partial charge in [-0.15, -0.1) is 0 Å². The maximum atomic E-state index is 13.1. The molecule has 26 heavy (non-hydrogen) atoms. The van der Waals surface area contributed by atoms with E-state index in [0.29, 0.717) is 0 Å². The summed E-state index contributed by atoms with van der Waals surface area (Å²) in [5.74, 6) is 0.0170. The van der Waals surface area contributed by atoms with Crippen LogP contribution in [0.1, 0.15) is 44.6 Å². The van der Waals surface area contributed by atoms with Crippen molar-refractivity contribution in [3.05, 3.63) is 36.0 Å². The molecular formula is C21H29N3O2. The number of carbonyl (C=O) groups is 2. The predicted octanol–water partition coefficient (Wildman–Crippen LogP) is 3.14. The third-order valence-electron chi connectivity index (χ3n) is 5.84. The summed E-state index contributed by atoms with van der Waals surface area (Å²) in [7, 11) is 5.57. The van der Waals surface area contributed by atoms with Crippen LogP contribution in [-0.2, 0) is 16.6 Å². The lowest BCUT2D eigenvalue weighted by molar-refractivity contribution is -0.159. The number of piperazine rings is 1. The van der Waals surface area contributed by atoms with Gasteiger partial charge < -0.3 is 14.4 Å². The molecule has 0 unspecified atom stereocenters. The van der Waals surface area contributed by atoms with Gasteiger partial charge in [-0.1, -0.05) is 44.9 Å². The van der Waals surface area contributed by atoms with Crippen LogP contribution in [0.5, 0.6) is 0 Å². The Kier molecular flexibility index (Phi) is 5.08. The first-order valence-corrected chi connectivity index (χ1v) is 9.45. The molecule has 1 aromatic heterocycles. The Morgan fingerprint density at radius 2 is 1.73 bits per heavy atom. The molecule has 2 heterocycles. The number of benzene rings is 1. The van der Waals surface area contributed by atoms with Crippen molar-refractivity contribution in [3.63, 3.8) is 0 Å². The van der Waals surface area contributed by atoms with Gasteiger partial charge in [-0.25, -0.2) is 0 Å². The number of unbranched alkanes of at least 4 members (excludes halogenated alkanes) is 1. The second-order valence-electron chi connectivity index (χ2n) is 7.50. The highest BCUT2D eigenvalue weighted by Crippen LogP contribution is 2.34. The maximum Gasteiger partial charge on any atom is 0.246 e. The fourth-order valence-corrected chi connectivity index (χ4v) is 4.24. The summed E-state index contributed by atoms with van der Waals surface area (Å²) in [6, 6.07) is 7.41. The molecular weight excluding hydrogens is 326 g/mol. The largest absolute Gasteiger partial charge is 0.350 e. The van der Waals surface area contributed by atoms with Gasteiger partial charge in [0.1, 0.15) is 12.1 Å². The van der Waals surface area contributed by atoms with E-state index in [1.165, 1.54) is 0 Å². The Morgan fingerprint density at radius 3 is 2.42 bits per heavy atom. The molecule has 0 N–H and O–H groups in total. The molecule has 0 spiro atoms. The molecule has 2 aromatic rings. The predicted molar refractivity (Wildman–Crippen MR) is 104 cm³/mol. The van der Waals surface area contributed by atoms with Gasteiger partial charge in [0.25, 0.3) is 0 Å². The molecule has 5 heteroatoms. The Balaban J connectivity index is 1.95. The average Bonchev–Trinajstić information content (AvgIpc) is 2.97. The van der Waals surface area contributed by atoms with Crippen LogP contribution in [0.15, 0.2) is 30.5 Å². The molecule has 1 aromatic carbocycles. The molecule has 1 saturated heterocycles. The Labute approximate surface area is 155 Å². The number of rotatable bonds is 5. The van der Waals surface area contributed by atoms with Crippen molar-refractivity contribution in [2.45, 2.75) is 51.1 Å². The minimum Gasteiger partial charge on any atom is -0.350 e. The summed E-state index contributed by atoms with van der Waals surface area (Å²) < 4.78 is 2.09. The molecule has 5 nitrogen and oxygen atoms in total. The average molecular weight is 355 g/mol. The zero-order valence-corrected chi connectivity index (χ0v) is 16.4. The van der Waals surface area contributed by atoms with Crippen molar-refractivity contribution in [3.8, 4) is 0 Å². The van der Waals surface area contributed by atoms with Crippen molar-refractivity contribution in [1.29, 1.82) is 0 Å². The third-order valence-corrected chi connectivity index (χ3v) is 5.84. The SMILES string of the molecule is CCCC[C@@H]1C(=O)N(C)[C@H]([C@H](C)c2cn(C)c3ccccc23)C(=O)N1C. The van der Waals surface area contributed by atoms with Crippen LogP contribution in [0.4, 0.5) is 0 Å². The van der Waals surface area contributed by atoms with Crippen LogP contribution < -0.4 is 0 Å². The number of amides is 2. The first-order valence-electron chi connectivity index (χ1n) is 9.45. The van der Waals surface area contributed by atoms with Gasteiger partial charge in [0, 0.05) is 44.2 Å². The van der Waals surface area contributed by atoms with Gasteiger partial charge in [0.15, 0.2) is 0 Å². The zero-order chi connectivity index (χ0) is 19.0. The van der Waals surface area contributed by atoms with Crippen molar-refractivity contribution in [2.75, 3.05) is 14.1 Å². The smallest absolute Gasteiger partial charge is 0.246 e. The van der Waals surface area contributed by atoms with E-state index < -0.39 is 6.04 Å². The normalized spacial score (nSPS) is 22.3. The quantitative estimate of drug-likeness (QED) is 0.827. The minimum atomic E-state index is -0.462. The zero-order valence-electron chi connectivity index (χ0n) is 16.4. The van der Waals surface area contributed by atoms with Crippen molar-refractivity contribution >= 4 is 22.7 Å². The molecule has 3 atom stereocenters. The standard InChI is InChI=1S/C21H29N3O2/c1-6-7-11-18-20(25)24(5)19(21(26)23(18)4)14(2)16-13-22(3)17-12-9-8-10-15(16)17/h8-10,12-14,18-19H,6-7,11H2,1-5H3/t14-,18-,19-/m1/s1. The first kappa shape index (κ1) is 18.5. The molecule has 0 aliphatic carbocycles. The number of hydrogen-bond donors (Lipinski definition) is 0. The van der Waals surface area contributed by atoms with E-state index >= 15 is 0 Å². The molecule has 0 saturated carbocycles. The second kappa shape index (κ2) is 7.14. The Hall–Kier alpha value is -2.30. The van der Waals surface area contributed by atoms with E-state index in [9.17, 15) is 9.59 Å². The van der Waals surface area contributed by atoms with E-state index in [4.69, 9.17) is 0 Å². The molecule has 2 amide bonds. The minimum absolute atomic E-state index is 0.0358. The van der Waals surface area contributed by atoms with Gasteiger partial charge in [-0.05, 0) is 18.1 Å². The lowest BCUT2D eigenvalue weighted by Gasteiger charge is -2.44. The van der Waals surface area contributed by atoms with Crippen LogP contribution in [0.2, 0.25) is 0 Å². The van der Waals surface area contributed by atoms with E-state index in [1.807, 2.05) is 26.1 Å². The van der Waals surface area contributed by atoms with E-state index in [2.05, 4.69) is 29.8 Å². The molecule has 1 aliphatic rings. The summed E-state index contributed by atoms with van der Waals surface area (Å²) >= 11 is 0. The van der Waals surface area contributed by atoms with Gasteiger partial charge in [-0.2, -0.15) is 0 Å². The molecule has 1 fully saturated rings. The van der Waals surface area contributed by atoms with Crippen molar-refractivity contribution in [2.24, 2.45) is 7.05 Å². The van der Waals surface area contributed by atoms with Gasteiger partial charge >= 0.3 is 0 Å². The number of fused-ring (bicyclic) bond motifs is 1. The topological polar surface area (TPSA) is 45.6 Å². The highest BCUT2D eigenvalue weighted by atomic mass is 16.2. The van der Waals surface area contributed by atoms with Gasteiger partial charge in [-0.3, -0.25) is 9.59 Å². The fourth-order valence-electron chi connectivity index (χ4n) is 4.24. The van der Waals surface area contributed by atoms with Crippen LogP contribution >= 0.6 is 0 Å². The van der Waals surface area contributed by atoms with Crippen LogP contribution in [-0.4, -0.2) is 52.4 Å². The number of carbonyl (C=O) groups excluding carboxylic acids is 2. The highest BCUT2D eigenvalue weighted by Gasteiger charge is 2.45. The molecule has 3 rings (SSSR count). The highest BCUT2D eigenvalue weighted by molar-refractivity contribution is 5.98. The van der Waals surface area contributed by atoms with E-state index in [0.717, 1.165) is 35.7 Å². The lowest BCUT2D eigenvalue weighted by atomic mass is 9.88. The number of likely N-dealkylation sites (N-methyl/N-ethyl adjacent to an activating group) is 2. The first-order chi connectivity index (χ1) is 12.4. The monoisotopic (exact) mass is 355 g/mol. The number of aryl methyl sites for hydroxylation is 1. The van der Waals surface area contributed by atoms with Crippen LogP contribution in [0.3, 0.4) is 0 Å². The van der Waals surface area contributed by atoms with Crippen LogP contribution in [0, 0.1) is 0 Å². The number of para-hydroxylation sites is 1. The Bertz CT molecular complexity index is 826. The van der Waals surface area contributed by atoms with Gasteiger partial charge in [0.05, 0.1) is 0 Å². The molecule has 1 aliphatic heterocycles.